The van der Waals surface area contributed by atoms with Gasteiger partial charge in [0.25, 0.3) is 5.91 Å². The van der Waals surface area contributed by atoms with Gasteiger partial charge in [0.2, 0.25) is 0 Å². The summed E-state index contributed by atoms with van der Waals surface area (Å²) in [5.41, 5.74) is 8.36. The highest BCUT2D eigenvalue weighted by molar-refractivity contribution is 6.07. The number of anilines is 1. The summed E-state index contributed by atoms with van der Waals surface area (Å²) in [6, 6.07) is 10.6. The number of carbonyl (C=O) groups excluding carboxylic acids is 2. The number of esters is 1. The molecule has 2 heterocycles. The molecule has 0 aliphatic carbocycles. The molecule has 0 bridgehead atoms. The lowest BCUT2D eigenvalue weighted by atomic mass is 10.1. The molecule has 1 amide bonds. The maximum Gasteiger partial charge on any atom is 0.342 e. The van der Waals surface area contributed by atoms with Gasteiger partial charge in [0, 0.05) is 12.7 Å². The molecule has 2 aromatic heterocycles. The van der Waals surface area contributed by atoms with Crippen molar-refractivity contribution in [3.63, 3.8) is 0 Å². The third-order valence-electron chi connectivity index (χ3n) is 4.43. The van der Waals surface area contributed by atoms with E-state index in [4.69, 9.17) is 15.2 Å². The smallest absolute Gasteiger partial charge is 0.342 e. The van der Waals surface area contributed by atoms with Crippen molar-refractivity contribution in [1.82, 2.24) is 15.3 Å². The van der Waals surface area contributed by atoms with Gasteiger partial charge in [-0.3, -0.25) is 14.8 Å². The molecule has 8 nitrogen and oxygen atoms in total. The van der Waals surface area contributed by atoms with Gasteiger partial charge in [-0.25, -0.2) is 4.79 Å². The van der Waals surface area contributed by atoms with E-state index in [1.807, 2.05) is 12.1 Å². The molecular formula is C22H24N4O4. The van der Waals surface area contributed by atoms with Gasteiger partial charge < -0.3 is 20.5 Å². The molecule has 0 aliphatic rings. The maximum absolute atomic E-state index is 12.3. The minimum atomic E-state index is -0.506. The average Bonchev–Trinajstić information content (AvgIpc) is 2.74. The molecule has 0 radical (unpaired) electrons. The molecule has 1 aromatic carbocycles. The highest BCUT2D eigenvalue weighted by Crippen LogP contribution is 2.33. The number of aryl methyl sites for hydroxylation is 1. The summed E-state index contributed by atoms with van der Waals surface area (Å²) in [6.45, 7) is 4.49. The highest BCUT2D eigenvalue weighted by Gasteiger charge is 2.20. The second kappa shape index (κ2) is 9.69. The van der Waals surface area contributed by atoms with Crippen molar-refractivity contribution in [3.05, 3.63) is 59.5 Å². The molecule has 30 heavy (non-hydrogen) atoms. The molecule has 3 N–H and O–H groups in total. The van der Waals surface area contributed by atoms with E-state index in [0.717, 1.165) is 0 Å². The van der Waals surface area contributed by atoms with Crippen LogP contribution in [-0.4, -0.2) is 41.6 Å². The van der Waals surface area contributed by atoms with Crippen molar-refractivity contribution in [2.24, 2.45) is 0 Å². The molecule has 0 saturated heterocycles. The van der Waals surface area contributed by atoms with Crippen molar-refractivity contribution in [3.8, 4) is 5.75 Å². The van der Waals surface area contributed by atoms with Gasteiger partial charge >= 0.3 is 5.97 Å². The Morgan fingerprint density at radius 3 is 2.73 bits per heavy atom. The standard InChI is InChI=1S/C22H24N4O4/c1-3-29-22(28)18-14(2)26-15-9-6-10-17(19(15)20(18)23)30-13-7-12-25-21(27)16-8-4-5-11-24-16/h4-6,8-11H,3,7,12-13H2,1-2H3,(H2,23,26)(H,25,27). The summed E-state index contributed by atoms with van der Waals surface area (Å²) in [7, 11) is 0. The third kappa shape index (κ3) is 4.65. The van der Waals surface area contributed by atoms with Gasteiger partial charge in [-0.05, 0) is 44.5 Å². The predicted molar refractivity (Wildman–Crippen MR) is 114 cm³/mol. The van der Waals surface area contributed by atoms with Gasteiger partial charge in [0.15, 0.2) is 0 Å². The Kier molecular flexibility index (Phi) is 6.79. The Labute approximate surface area is 174 Å². The normalized spacial score (nSPS) is 10.6. The lowest BCUT2D eigenvalue weighted by molar-refractivity contribution is 0.0526. The van der Waals surface area contributed by atoms with E-state index in [2.05, 4.69) is 15.3 Å². The molecule has 0 spiro atoms. The SMILES string of the molecule is CCOC(=O)c1c(C)nc2cccc(OCCCNC(=O)c3ccccn3)c2c1N. The number of aromatic nitrogens is 2. The quantitative estimate of drug-likeness (QED) is 0.435. The minimum absolute atomic E-state index is 0.233. The number of benzene rings is 1. The van der Waals surface area contributed by atoms with Crippen molar-refractivity contribution < 1.29 is 19.1 Å². The van der Waals surface area contributed by atoms with Gasteiger partial charge in [-0.1, -0.05) is 12.1 Å². The number of pyridine rings is 2. The number of fused-ring (bicyclic) bond motifs is 1. The number of rotatable bonds is 8. The molecule has 0 saturated carbocycles. The van der Waals surface area contributed by atoms with Crippen LogP contribution in [0.3, 0.4) is 0 Å². The third-order valence-corrected chi connectivity index (χ3v) is 4.43. The Morgan fingerprint density at radius 2 is 2.00 bits per heavy atom. The zero-order valence-electron chi connectivity index (χ0n) is 17.0. The Balaban J connectivity index is 1.68. The molecule has 3 aromatic rings. The molecule has 0 unspecified atom stereocenters. The largest absolute Gasteiger partial charge is 0.493 e. The highest BCUT2D eigenvalue weighted by atomic mass is 16.5. The first-order valence-electron chi connectivity index (χ1n) is 9.70. The molecule has 0 fully saturated rings. The molecular weight excluding hydrogens is 384 g/mol. The number of nitrogens with two attached hydrogens (primary N) is 1. The second-order valence-corrected chi connectivity index (χ2v) is 6.53. The number of nitrogens with one attached hydrogen (secondary N) is 1. The van der Waals surface area contributed by atoms with Crippen LogP contribution in [0.25, 0.3) is 10.9 Å². The van der Waals surface area contributed by atoms with Crippen LogP contribution in [0, 0.1) is 6.92 Å². The van der Waals surface area contributed by atoms with Crippen molar-refractivity contribution >= 4 is 28.5 Å². The van der Waals surface area contributed by atoms with Crippen LogP contribution < -0.4 is 15.8 Å². The van der Waals surface area contributed by atoms with E-state index in [9.17, 15) is 9.59 Å². The predicted octanol–water partition coefficient (Wildman–Crippen LogP) is 2.90. The Hall–Kier alpha value is -3.68. The zero-order valence-corrected chi connectivity index (χ0v) is 17.0. The maximum atomic E-state index is 12.3. The van der Waals surface area contributed by atoms with Crippen LogP contribution in [0.15, 0.2) is 42.6 Å². The first-order valence-corrected chi connectivity index (χ1v) is 9.70. The fraction of sp³-hybridized carbons (Fsp3) is 0.273. The minimum Gasteiger partial charge on any atom is -0.493 e. The molecule has 8 heteroatoms. The van der Waals surface area contributed by atoms with Crippen LogP contribution >= 0.6 is 0 Å². The lowest BCUT2D eigenvalue weighted by Crippen LogP contribution is -2.26. The van der Waals surface area contributed by atoms with Crippen molar-refractivity contribution in [1.29, 1.82) is 0 Å². The van der Waals surface area contributed by atoms with E-state index in [0.29, 0.717) is 47.6 Å². The van der Waals surface area contributed by atoms with E-state index >= 15 is 0 Å². The van der Waals surface area contributed by atoms with Crippen LogP contribution in [0.1, 0.15) is 39.9 Å². The van der Waals surface area contributed by atoms with Crippen LogP contribution in [0.2, 0.25) is 0 Å². The van der Waals surface area contributed by atoms with E-state index in [1.54, 1.807) is 44.3 Å². The van der Waals surface area contributed by atoms with Gasteiger partial charge in [0.1, 0.15) is 17.0 Å². The number of amides is 1. The average molecular weight is 408 g/mol. The Morgan fingerprint density at radius 1 is 1.17 bits per heavy atom. The number of nitrogen functional groups attached to an aromatic ring is 1. The van der Waals surface area contributed by atoms with Gasteiger partial charge in [0.05, 0.1) is 35.5 Å². The summed E-state index contributed by atoms with van der Waals surface area (Å²) in [5, 5.41) is 3.37. The molecule has 3 rings (SSSR count). The van der Waals surface area contributed by atoms with Crippen LogP contribution in [0.4, 0.5) is 5.69 Å². The summed E-state index contributed by atoms with van der Waals surface area (Å²) in [5.74, 6) is -0.211. The number of hydrogen-bond acceptors (Lipinski definition) is 7. The van der Waals surface area contributed by atoms with E-state index in [1.165, 1.54) is 0 Å². The summed E-state index contributed by atoms with van der Waals surface area (Å²) in [4.78, 5) is 32.8. The number of carbonyl (C=O) groups is 2. The Bertz CT molecular complexity index is 1050. The lowest BCUT2D eigenvalue weighted by Gasteiger charge is -2.15. The second-order valence-electron chi connectivity index (χ2n) is 6.53. The fourth-order valence-corrected chi connectivity index (χ4v) is 3.06. The van der Waals surface area contributed by atoms with E-state index in [-0.39, 0.29) is 23.8 Å². The fourth-order valence-electron chi connectivity index (χ4n) is 3.06. The summed E-state index contributed by atoms with van der Waals surface area (Å²) < 4.78 is 11.0. The van der Waals surface area contributed by atoms with Gasteiger partial charge in [-0.15, -0.1) is 0 Å². The first kappa shape index (κ1) is 21.0. The zero-order chi connectivity index (χ0) is 21.5. The summed E-state index contributed by atoms with van der Waals surface area (Å²) in [6.07, 6.45) is 2.15. The topological polar surface area (TPSA) is 116 Å². The molecule has 156 valence electrons. The van der Waals surface area contributed by atoms with E-state index < -0.39 is 5.97 Å². The number of hydrogen-bond donors (Lipinski definition) is 2. The van der Waals surface area contributed by atoms with Crippen LogP contribution in [0.5, 0.6) is 5.75 Å². The monoisotopic (exact) mass is 408 g/mol. The van der Waals surface area contributed by atoms with Crippen molar-refractivity contribution in [2.45, 2.75) is 20.3 Å². The van der Waals surface area contributed by atoms with Gasteiger partial charge in [-0.2, -0.15) is 0 Å². The van der Waals surface area contributed by atoms with Crippen LogP contribution in [-0.2, 0) is 4.74 Å². The molecule has 0 aliphatic heterocycles. The molecule has 0 atom stereocenters. The number of nitrogens with zero attached hydrogens (tertiary/aromatic N) is 2. The number of ether oxygens (including phenoxy) is 2. The van der Waals surface area contributed by atoms with Crippen molar-refractivity contribution in [2.75, 3.05) is 25.5 Å². The first-order chi connectivity index (χ1) is 14.5. The summed E-state index contributed by atoms with van der Waals surface area (Å²) >= 11 is 0.